The van der Waals surface area contributed by atoms with Crippen LogP contribution in [-0.2, 0) is 0 Å². The smallest absolute Gasteiger partial charge is 0.274 e. The van der Waals surface area contributed by atoms with Gasteiger partial charge in [0.05, 0.1) is 11.8 Å². The van der Waals surface area contributed by atoms with E-state index in [9.17, 15) is 14.3 Å². The van der Waals surface area contributed by atoms with E-state index in [1.807, 2.05) is 0 Å². The minimum atomic E-state index is -0.630. The molecule has 2 aromatic carbocycles. The molecule has 0 radical (unpaired) electrons. The third-order valence-corrected chi connectivity index (χ3v) is 2.37. The van der Waals surface area contributed by atoms with E-state index in [-0.39, 0.29) is 11.3 Å². The number of hydrogen-bond donors (Lipinski definition) is 2. The van der Waals surface area contributed by atoms with Gasteiger partial charge >= 0.3 is 0 Å². The normalized spacial score (nSPS) is 10.6. The van der Waals surface area contributed by atoms with Crippen molar-refractivity contribution >= 4 is 12.1 Å². The van der Waals surface area contributed by atoms with Gasteiger partial charge in [0.1, 0.15) is 11.6 Å². The predicted molar refractivity (Wildman–Crippen MR) is 69.6 cm³/mol. The van der Waals surface area contributed by atoms with Crippen molar-refractivity contribution in [3.8, 4) is 5.75 Å². The van der Waals surface area contributed by atoms with Gasteiger partial charge in [0.15, 0.2) is 0 Å². The molecule has 4 nitrogen and oxygen atoms in total. The van der Waals surface area contributed by atoms with E-state index in [2.05, 4.69) is 10.5 Å². The van der Waals surface area contributed by atoms with Gasteiger partial charge in [-0.1, -0.05) is 24.3 Å². The number of amides is 1. The number of rotatable bonds is 3. The minimum absolute atomic E-state index is 0.0736. The van der Waals surface area contributed by atoms with Crippen LogP contribution in [0.1, 0.15) is 15.9 Å². The third-order valence-electron chi connectivity index (χ3n) is 2.37. The van der Waals surface area contributed by atoms with E-state index in [1.165, 1.54) is 36.5 Å². The van der Waals surface area contributed by atoms with Crippen LogP contribution < -0.4 is 5.43 Å². The van der Waals surface area contributed by atoms with Crippen molar-refractivity contribution in [2.45, 2.75) is 0 Å². The monoisotopic (exact) mass is 258 g/mol. The van der Waals surface area contributed by atoms with Gasteiger partial charge in [0.2, 0.25) is 0 Å². The summed E-state index contributed by atoms with van der Waals surface area (Å²) in [6, 6.07) is 12.0. The van der Waals surface area contributed by atoms with Crippen molar-refractivity contribution in [3.05, 3.63) is 65.5 Å². The van der Waals surface area contributed by atoms with E-state index in [4.69, 9.17) is 0 Å². The fourth-order valence-electron chi connectivity index (χ4n) is 1.48. The fraction of sp³-hybridized carbons (Fsp3) is 0. The van der Waals surface area contributed by atoms with E-state index in [0.29, 0.717) is 5.56 Å². The zero-order valence-corrected chi connectivity index (χ0v) is 9.88. The molecule has 0 aromatic heterocycles. The Morgan fingerprint density at radius 2 is 2.00 bits per heavy atom. The topological polar surface area (TPSA) is 61.7 Å². The first-order valence-corrected chi connectivity index (χ1v) is 5.54. The molecular formula is C14H11FN2O2. The summed E-state index contributed by atoms with van der Waals surface area (Å²) in [6.45, 7) is 0. The second kappa shape index (κ2) is 5.77. The van der Waals surface area contributed by atoms with E-state index in [1.54, 1.807) is 18.2 Å². The lowest BCUT2D eigenvalue weighted by Crippen LogP contribution is -2.18. The van der Waals surface area contributed by atoms with Crippen LogP contribution in [-0.4, -0.2) is 17.2 Å². The quantitative estimate of drug-likeness (QED) is 0.655. The lowest BCUT2D eigenvalue weighted by atomic mass is 10.2. The van der Waals surface area contributed by atoms with E-state index < -0.39 is 11.7 Å². The van der Waals surface area contributed by atoms with Gasteiger partial charge in [-0.3, -0.25) is 4.79 Å². The Hall–Kier alpha value is -2.69. The standard InChI is InChI=1S/C14H11FN2O2/c15-13-7-2-1-6-12(13)14(19)17-16-9-10-4-3-5-11(18)8-10/h1-9,18H,(H,17,19)/b16-9-. The lowest BCUT2D eigenvalue weighted by Gasteiger charge is -2.00. The van der Waals surface area contributed by atoms with Crippen molar-refractivity contribution in [2.24, 2.45) is 5.10 Å². The molecule has 2 aromatic rings. The molecular weight excluding hydrogens is 247 g/mol. The van der Waals surface area contributed by atoms with Gasteiger partial charge in [0, 0.05) is 0 Å². The molecule has 0 unspecified atom stereocenters. The van der Waals surface area contributed by atoms with Crippen LogP contribution >= 0.6 is 0 Å². The number of nitrogens with one attached hydrogen (secondary N) is 1. The van der Waals surface area contributed by atoms with Crippen molar-refractivity contribution in [2.75, 3.05) is 0 Å². The Balaban J connectivity index is 2.03. The number of phenolic OH excluding ortho intramolecular Hbond substituents is 1. The molecule has 0 saturated carbocycles. The zero-order chi connectivity index (χ0) is 13.7. The number of halogens is 1. The number of benzene rings is 2. The maximum Gasteiger partial charge on any atom is 0.274 e. The lowest BCUT2D eigenvalue weighted by molar-refractivity contribution is 0.0951. The maximum absolute atomic E-state index is 13.3. The Kier molecular flexibility index (Phi) is 3.87. The second-order valence-electron chi connectivity index (χ2n) is 3.77. The maximum atomic E-state index is 13.3. The molecule has 0 fully saturated rings. The molecule has 0 aliphatic rings. The van der Waals surface area contributed by atoms with Crippen molar-refractivity contribution in [1.29, 1.82) is 0 Å². The minimum Gasteiger partial charge on any atom is -0.508 e. The van der Waals surface area contributed by atoms with Crippen LogP contribution in [0.5, 0.6) is 5.75 Å². The molecule has 0 aliphatic heterocycles. The SMILES string of the molecule is O=C(N/N=C\c1cccc(O)c1)c1ccccc1F. The first kappa shape index (κ1) is 12.8. The summed E-state index contributed by atoms with van der Waals surface area (Å²) < 4.78 is 13.3. The predicted octanol–water partition coefficient (Wildman–Crippen LogP) is 2.30. The van der Waals surface area contributed by atoms with Gasteiger partial charge in [-0.2, -0.15) is 5.10 Å². The third kappa shape index (κ3) is 3.38. The number of phenols is 1. The average molecular weight is 258 g/mol. The van der Waals surface area contributed by atoms with Crippen molar-refractivity contribution in [1.82, 2.24) is 5.43 Å². The molecule has 5 heteroatoms. The zero-order valence-electron chi connectivity index (χ0n) is 9.88. The molecule has 96 valence electrons. The van der Waals surface area contributed by atoms with Crippen LogP contribution in [0.2, 0.25) is 0 Å². The van der Waals surface area contributed by atoms with Gasteiger partial charge in [0.25, 0.3) is 5.91 Å². The van der Waals surface area contributed by atoms with Crippen LogP contribution in [0.15, 0.2) is 53.6 Å². The van der Waals surface area contributed by atoms with Crippen LogP contribution in [0.4, 0.5) is 4.39 Å². The van der Waals surface area contributed by atoms with Crippen LogP contribution in [0.25, 0.3) is 0 Å². The number of nitrogens with zero attached hydrogens (tertiary/aromatic N) is 1. The van der Waals surface area contributed by atoms with E-state index in [0.717, 1.165) is 0 Å². The summed E-state index contributed by atoms with van der Waals surface area (Å²) in [7, 11) is 0. The Morgan fingerprint density at radius 3 is 2.74 bits per heavy atom. The molecule has 2 rings (SSSR count). The highest BCUT2D eigenvalue weighted by molar-refractivity contribution is 5.95. The number of hydrogen-bond acceptors (Lipinski definition) is 3. The Labute approximate surface area is 109 Å². The highest BCUT2D eigenvalue weighted by Gasteiger charge is 2.08. The van der Waals surface area contributed by atoms with Gasteiger partial charge in [-0.25, -0.2) is 9.82 Å². The molecule has 1 amide bonds. The summed E-state index contributed by atoms with van der Waals surface area (Å²) in [4.78, 5) is 11.6. The first-order valence-electron chi connectivity index (χ1n) is 5.54. The fourth-order valence-corrected chi connectivity index (χ4v) is 1.48. The summed E-state index contributed by atoms with van der Waals surface area (Å²) >= 11 is 0. The van der Waals surface area contributed by atoms with Gasteiger partial charge < -0.3 is 5.11 Å². The molecule has 0 heterocycles. The first-order chi connectivity index (χ1) is 9.16. The molecule has 19 heavy (non-hydrogen) atoms. The van der Waals surface area contributed by atoms with E-state index >= 15 is 0 Å². The Morgan fingerprint density at radius 1 is 1.21 bits per heavy atom. The summed E-state index contributed by atoms with van der Waals surface area (Å²) in [6.07, 6.45) is 1.36. The number of carbonyl (C=O) groups excluding carboxylic acids is 1. The largest absolute Gasteiger partial charge is 0.508 e. The molecule has 0 saturated heterocycles. The molecule has 0 bridgehead atoms. The number of hydrazone groups is 1. The molecule has 0 aliphatic carbocycles. The molecule has 0 atom stereocenters. The highest BCUT2D eigenvalue weighted by Crippen LogP contribution is 2.09. The summed E-state index contributed by atoms with van der Waals surface area (Å²) in [5.41, 5.74) is 2.76. The Bertz CT molecular complexity index is 626. The number of carbonyl (C=O) groups is 1. The second-order valence-corrected chi connectivity index (χ2v) is 3.77. The van der Waals surface area contributed by atoms with Crippen LogP contribution in [0, 0.1) is 5.82 Å². The van der Waals surface area contributed by atoms with Crippen molar-refractivity contribution < 1.29 is 14.3 Å². The van der Waals surface area contributed by atoms with Crippen molar-refractivity contribution in [3.63, 3.8) is 0 Å². The van der Waals surface area contributed by atoms with Crippen LogP contribution in [0.3, 0.4) is 0 Å². The highest BCUT2D eigenvalue weighted by atomic mass is 19.1. The summed E-state index contributed by atoms with van der Waals surface area (Å²) in [5.74, 6) is -1.13. The molecule has 2 N–H and O–H groups in total. The molecule has 0 spiro atoms. The number of aromatic hydroxyl groups is 1. The average Bonchev–Trinajstić information content (AvgIpc) is 2.39. The summed E-state index contributed by atoms with van der Waals surface area (Å²) in [5, 5.41) is 12.9. The van der Waals surface area contributed by atoms with Gasteiger partial charge in [-0.05, 0) is 29.8 Å². The van der Waals surface area contributed by atoms with Gasteiger partial charge in [-0.15, -0.1) is 0 Å².